The molecule has 0 amide bonds. The number of rotatable bonds is 3. The number of nitrogens with zero attached hydrogens (tertiary/aromatic N) is 3. The molecule has 2 aromatic rings. The lowest BCUT2D eigenvalue weighted by atomic mass is 9.99. The molecule has 1 fully saturated rings. The maximum Gasteiger partial charge on any atom is 0.271 e. The van der Waals surface area contributed by atoms with E-state index >= 15 is 0 Å². The van der Waals surface area contributed by atoms with Crippen LogP contribution in [-0.2, 0) is 0 Å². The Morgan fingerprint density at radius 2 is 2.29 bits per heavy atom. The van der Waals surface area contributed by atoms with Crippen molar-refractivity contribution in [2.24, 2.45) is 0 Å². The van der Waals surface area contributed by atoms with Crippen LogP contribution in [0.5, 0.6) is 0 Å². The summed E-state index contributed by atoms with van der Waals surface area (Å²) in [5, 5.41) is 18.2. The molecule has 1 N–H and O–H groups in total. The summed E-state index contributed by atoms with van der Waals surface area (Å²) >= 11 is 3.26. The van der Waals surface area contributed by atoms with Gasteiger partial charge in [0, 0.05) is 34.6 Å². The normalized spacial score (nSPS) is 18.6. The molecule has 0 saturated carbocycles. The van der Waals surface area contributed by atoms with Crippen LogP contribution in [0.25, 0.3) is 11.5 Å². The topological polar surface area (TPSA) is 94.1 Å². The van der Waals surface area contributed by atoms with Crippen LogP contribution in [0.4, 0.5) is 5.69 Å². The lowest BCUT2D eigenvalue weighted by Gasteiger charge is -2.19. The third-order valence-corrected chi connectivity index (χ3v) is 3.90. The number of halogens is 1. The molecule has 1 aliphatic rings. The van der Waals surface area contributed by atoms with Gasteiger partial charge in [0.25, 0.3) is 11.6 Å². The minimum absolute atomic E-state index is 0.0153. The summed E-state index contributed by atoms with van der Waals surface area (Å²) in [6, 6.07) is 4.59. The van der Waals surface area contributed by atoms with Gasteiger partial charge in [-0.05, 0) is 25.5 Å². The molecule has 1 atom stereocenters. The Hall–Kier alpha value is -1.80. The van der Waals surface area contributed by atoms with Crippen molar-refractivity contribution in [3.05, 3.63) is 38.6 Å². The summed E-state index contributed by atoms with van der Waals surface area (Å²) in [5.74, 6) is 1.19. The van der Waals surface area contributed by atoms with Gasteiger partial charge < -0.3 is 9.84 Å². The van der Waals surface area contributed by atoms with Crippen molar-refractivity contribution in [3.8, 4) is 11.5 Å². The summed E-state index contributed by atoms with van der Waals surface area (Å²) in [4.78, 5) is 14.8. The van der Waals surface area contributed by atoms with E-state index in [9.17, 15) is 10.1 Å². The first kappa shape index (κ1) is 14.2. The molecule has 1 saturated heterocycles. The molecule has 0 bridgehead atoms. The molecule has 3 rings (SSSR count). The van der Waals surface area contributed by atoms with E-state index < -0.39 is 4.92 Å². The van der Waals surface area contributed by atoms with Crippen LogP contribution in [0.3, 0.4) is 0 Å². The highest BCUT2D eigenvalue weighted by Crippen LogP contribution is 2.29. The standard InChI is InChI=1S/C13H13BrN4O3/c14-10-4-9(5-11(6-10)18(19)20)13-16-12(17-21-13)8-2-1-3-15-7-8/h4-6,8,15H,1-3,7H2. The average Bonchev–Trinajstić information content (AvgIpc) is 2.97. The molecule has 0 radical (unpaired) electrons. The Kier molecular flexibility index (Phi) is 3.98. The van der Waals surface area contributed by atoms with Gasteiger partial charge in [0.2, 0.25) is 0 Å². The summed E-state index contributed by atoms with van der Waals surface area (Å²) in [6.07, 6.45) is 2.10. The Morgan fingerprint density at radius 1 is 1.43 bits per heavy atom. The quantitative estimate of drug-likeness (QED) is 0.674. The van der Waals surface area contributed by atoms with Crippen molar-refractivity contribution in [2.75, 3.05) is 13.1 Å². The number of piperidine rings is 1. The smallest absolute Gasteiger partial charge is 0.271 e. The van der Waals surface area contributed by atoms with E-state index in [1.54, 1.807) is 6.07 Å². The maximum atomic E-state index is 10.9. The third-order valence-electron chi connectivity index (χ3n) is 3.44. The van der Waals surface area contributed by atoms with Crippen LogP contribution in [0.1, 0.15) is 24.6 Å². The molecule has 2 heterocycles. The second-order valence-corrected chi connectivity index (χ2v) is 5.87. The number of nitro groups is 1. The fraction of sp³-hybridized carbons (Fsp3) is 0.385. The van der Waals surface area contributed by atoms with Crippen molar-refractivity contribution < 1.29 is 9.45 Å². The zero-order valence-electron chi connectivity index (χ0n) is 11.1. The van der Waals surface area contributed by atoms with Crippen LogP contribution in [-0.4, -0.2) is 28.2 Å². The molecular weight excluding hydrogens is 340 g/mol. The number of nitrogens with one attached hydrogen (secondary N) is 1. The monoisotopic (exact) mass is 352 g/mol. The molecule has 110 valence electrons. The molecule has 1 aliphatic heterocycles. The molecule has 1 aromatic carbocycles. The Morgan fingerprint density at radius 3 is 3.00 bits per heavy atom. The fourth-order valence-corrected chi connectivity index (χ4v) is 2.87. The number of hydrogen-bond acceptors (Lipinski definition) is 6. The SMILES string of the molecule is O=[N+]([O-])c1cc(Br)cc(-c2nc(C3CCCNC3)no2)c1. The van der Waals surface area contributed by atoms with E-state index in [-0.39, 0.29) is 11.6 Å². The highest BCUT2D eigenvalue weighted by atomic mass is 79.9. The molecule has 0 spiro atoms. The molecule has 21 heavy (non-hydrogen) atoms. The Labute approximate surface area is 129 Å². The summed E-state index contributed by atoms with van der Waals surface area (Å²) in [6.45, 7) is 1.84. The second kappa shape index (κ2) is 5.90. The number of benzene rings is 1. The predicted molar refractivity (Wildman–Crippen MR) is 78.9 cm³/mol. The van der Waals surface area contributed by atoms with Crippen molar-refractivity contribution in [3.63, 3.8) is 0 Å². The van der Waals surface area contributed by atoms with Crippen molar-refractivity contribution >= 4 is 21.6 Å². The van der Waals surface area contributed by atoms with Crippen LogP contribution in [0.15, 0.2) is 27.2 Å². The van der Waals surface area contributed by atoms with Gasteiger partial charge in [0.15, 0.2) is 5.82 Å². The van der Waals surface area contributed by atoms with E-state index in [4.69, 9.17) is 4.52 Å². The van der Waals surface area contributed by atoms with Gasteiger partial charge >= 0.3 is 0 Å². The first-order valence-electron chi connectivity index (χ1n) is 6.63. The number of nitro benzene ring substituents is 1. The highest BCUT2D eigenvalue weighted by Gasteiger charge is 2.22. The van der Waals surface area contributed by atoms with Crippen LogP contribution in [0, 0.1) is 10.1 Å². The van der Waals surface area contributed by atoms with Gasteiger partial charge in [-0.2, -0.15) is 4.98 Å². The Bertz CT molecular complexity index is 667. The van der Waals surface area contributed by atoms with Crippen LogP contribution < -0.4 is 5.32 Å². The average molecular weight is 353 g/mol. The van der Waals surface area contributed by atoms with Crippen molar-refractivity contribution in [1.82, 2.24) is 15.5 Å². The van der Waals surface area contributed by atoms with E-state index in [2.05, 4.69) is 31.4 Å². The van der Waals surface area contributed by atoms with E-state index in [1.807, 2.05) is 0 Å². The van der Waals surface area contributed by atoms with Crippen molar-refractivity contribution in [1.29, 1.82) is 0 Å². The third kappa shape index (κ3) is 3.11. The first-order chi connectivity index (χ1) is 10.1. The minimum Gasteiger partial charge on any atom is -0.334 e. The molecule has 7 nitrogen and oxygen atoms in total. The number of hydrogen-bond donors (Lipinski definition) is 1. The largest absolute Gasteiger partial charge is 0.334 e. The number of aromatic nitrogens is 2. The van der Waals surface area contributed by atoms with E-state index in [1.165, 1.54) is 12.1 Å². The summed E-state index contributed by atoms with van der Waals surface area (Å²) < 4.78 is 5.86. The molecule has 0 aliphatic carbocycles. The van der Waals surface area contributed by atoms with Gasteiger partial charge in [-0.1, -0.05) is 21.1 Å². The first-order valence-corrected chi connectivity index (χ1v) is 7.42. The van der Waals surface area contributed by atoms with Crippen molar-refractivity contribution in [2.45, 2.75) is 18.8 Å². The zero-order chi connectivity index (χ0) is 14.8. The molecular formula is C13H13BrN4O3. The molecule has 1 aromatic heterocycles. The van der Waals surface area contributed by atoms with Crippen LogP contribution in [0.2, 0.25) is 0 Å². The fourth-order valence-electron chi connectivity index (χ4n) is 2.39. The second-order valence-electron chi connectivity index (χ2n) is 4.96. The lowest BCUT2D eigenvalue weighted by molar-refractivity contribution is -0.384. The van der Waals surface area contributed by atoms with E-state index in [0.717, 1.165) is 25.9 Å². The summed E-state index contributed by atoms with van der Waals surface area (Å²) in [5.41, 5.74) is 0.525. The zero-order valence-corrected chi connectivity index (χ0v) is 12.7. The highest BCUT2D eigenvalue weighted by molar-refractivity contribution is 9.10. The van der Waals surface area contributed by atoms with Crippen LogP contribution >= 0.6 is 15.9 Å². The van der Waals surface area contributed by atoms with E-state index in [0.29, 0.717) is 21.8 Å². The molecule has 8 heteroatoms. The van der Waals surface area contributed by atoms with Gasteiger partial charge in [-0.15, -0.1) is 0 Å². The predicted octanol–water partition coefficient (Wildman–Crippen LogP) is 2.87. The molecule has 1 unspecified atom stereocenters. The number of non-ortho nitro benzene ring substituents is 1. The van der Waals surface area contributed by atoms with Gasteiger partial charge in [0.05, 0.1) is 4.92 Å². The van der Waals surface area contributed by atoms with Gasteiger partial charge in [-0.25, -0.2) is 0 Å². The summed E-state index contributed by atoms with van der Waals surface area (Å²) in [7, 11) is 0. The Balaban J connectivity index is 1.90. The van der Waals surface area contributed by atoms with Gasteiger partial charge in [-0.3, -0.25) is 10.1 Å². The lowest BCUT2D eigenvalue weighted by Crippen LogP contribution is -2.28. The minimum atomic E-state index is -0.448. The van der Waals surface area contributed by atoms with Gasteiger partial charge in [0.1, 0.15) is 0 Å². The maximum absolute atomic E-state index is 10.9.